The molecule has 2 saturated carbocycles. The summed E-state index contributed by atoms with van der Waals surface area (Å²) in [5.41, 5.74) is 8.57. The number of nitrogens with one attached hydrogen (secondary N) is 4. The number of likely N-dealkylation sites (tertiary alicyclic amines) is 1. The number of hydrogen-bond acceptors (Lipinski definition) is 13. The molecule has 2 aliphatic heterocycles. The Labute approximate surface area is 529 Å². The van der Waals surface area contributed by atoms with E-state index in [1.807, 2.05) is 67.6 Å². The Morgan fingerprint density at radius 3 is 2.11 bits per heavy atom. The molecule has 438 valence electrons. The molecular formula is C62H90KN9O8S. The zero-order valence-corrected chi connectivity index (χ0v) is 53.6. The third-order valence-corrected chi connectivity index (χ3v) is 15.4. The number of carbonyl (C=O) groups excluding carboxylic acids is 5. The van der Waals surface area contributed by atoms with Gasteiger partial charge in [0.25, 0.3) is 5.91 Å². The van der Waals surface area contributed by atoms with Gasteiger partial charge in [0.2, 0.25) is 24.6 Å². The van der Waals surface area contributed by atoms with Gasteiger partial charge in [-0.1, -0.05) is 114 Å². The summed E-state index contributed by atoms with van der Waals surface area (Å²) in [4.78, 5) is 76.8. The van der Waals surface area contributed by atoms with Gasteiger partial charge in [0, 0.05) is 57.8 Å². The van der Waals surface area contributed by atoms with Crippen LogP contribution in [0, 0.1) is 30.6 Å². The summed E-state index contributed by atoms with van der Waals surface area (Å²) in [6.45, 7) is 22.2. The van der Waals surface area contributed by atoms with E-state index in [0.29, 0.717) is 76.3 Å². The minimum Gasteiger partial charge on any atom is -0.386 e. The Morgan fingerprint density at radius 1 is 0.827 bits per heavy atom. The molecule has 19 heteroatoms. The smallest absolute Gasteiger partial charge is 0.386 e. The normalized spacial score (nSPS) is 16.8. The Hall–Kier alpha value is -4.44. The van der Waals surface area contributed by atoms with Crippen LogP contribution in [-0.4, -0.2) is 129 Å². The van der Waals surface area contributed by atoms with Crippen molar-refractivity contribution >= 4 is 53.3 Å². The third-order valence-electron chi connectivity index (χ3n) is 14.5. The van der Waals surface area contributed by atoms with Crippen molar-refractivity contribution in [2.24, 2.45) is 17.8 Å². The van der Waals surface area contributed by atoms with E-state index in [-0.39, 0.29) is 94.7 Å². The number of thiazole rings is 1. The quantitative estimate of drug-likeness (QED) is 0.0238. The van der Waals surface area contributed by atoms with E-state index in [4.69, 9.17) is 29.0 Å². The van der Waals surface area contributed by atoms with Crippen LogP contribution in [0.25, 0.3) is 16.0 Å². The number of fused-ring (bicyclic) bond motifs is 1. The van der Waals surface area contributed by atoms with Crippen molar-refractivity contribution in [3.8, 4) is 10.4 Å². The molecule has 2 aromatic carbocycles. The molecule has 3 unspecified atom stereocenters. The molecule has 2 aliphatic carbocycles. The van der Waals surface area contributed by atoms with Crippen LogP contribution in [0.3, 0.4) is 0 Å². The molecular weight excluding hydrogens is 1070 g/mol. The predicted octanol–water partition coefficient (Wildman–Crippen LogP) is 6.26. The number of rotatable bonds is 26. The summed E-state index contributed by atoms with van der Waals surface area (Å²) in [7, 11) is 1.56. The fourth-order valence-corrected chi connectivity index (χ4v) is 10.7. The molecule has 4 heterocycles. The second-order valence-corrected chi connectivity index (χ2v) is 22.5. The first-order valence-electron chi connectivity index (χ1n) is 28.8. The van der Waals surface area contributed by atoms with E-state index in [1.165, 1.54) is 55.4 Å². The van der Waals surface area contributed by atoms with Crippen LogP contribution in [0.1, 0.15) is 150 Å². The first-order valence-corrected chi connectivity index (χ1v) is 29.7. The minimum atomic E-state index is -0.296. The molecule has 4 aliphatic rings. The number of anilines is 1. The SMILES string of the molecule is C=C(C)c1ccc(C(=O)NC(C)c2cc(N3CC[C-]4CCCCC43)nc(CCCOCCOCCOCCC(=O)NCC(=O)N3CCC(C4CCC4)C3)n2)cc1.CC(C)C.CNC=O.Cc1ncsc1-c1ccc(CNC=O)cc1.[K+]. The van der Waals surface area contributed by atoms with E-state index >= 15 is 0 Å². The van der Waals surface area contributed by atoms with Gasteiger partial charge in [-0.2, -0.15) is 12.8 Å². The fourth-order valence-electron chi connectivity index (χ4n) is 9.90. The minimum absolute atomic E-state index is 0. The van der Waals surface area contributed by atoms with E-state index in [0.717, 1.165) is 90.5 Å². The first-order chi connectivity index (χ1) is 38.7. The maximum absolute atomic E-state index is 13.2. The van der Waals surface area contributed by atoms with Gasteiger partial charge < -0.3 is 45.3 Å². The average Bonchev–Trinajstić information content (AvgIpc) is 4.23. The van der Waals surface area contributed by atoms with Gasteiger partial charge in [0.1, 0.15) is 11.6 Å². The number of benzene rings is 2. The van der Waals surface area contributed by atoms with Crippen LogP contribution in [-0.2, 0) is 46.4 Å². The summed E-state index contributed by atoms with van der Waals surface area (Å²) in [5.74, 6) is 5.31. The van der Waals surface area contributed by atoms with Crippen molar-refractivity contribution in [2.75, 3.05) is 77.8 Å². The summed E-state index contributed by atoms with van der Waals surface area (Å²) >= 11 is 1.64. The van der Waals surface area contributed by atoms with Crippen molar-refractivity contribution in [3.05, 3.63) is 107 Å². The summed E-state index contributed by atoms with van der Waals surface area (Å²) < 4.78 is 17.0. The van der Waals surface area contributed by atoms with Gasteiger partial charge >= 0.3 is 51.4 Å². The van der Waals surface area contributed by atoms with Crippen LogP contribution in [0.5, 0.6) is 0 Å². The van der Waals surface area contributed by atoms with Crippen LogP contribution in [0.4, 0.5) is 5.82 Å². The molecule has 81 heavy (non-hydrogen) atoms. The van der Waals surface area contributed by atoms with Crippen molar-refractivity contribution in [1.82, 2.24) is 41.1 Å². The zero-order valence-electron chi connectivity index (χ0n) is 49.7. The van der Waals surface area contributed by atoms with Crippen LogP contribution >= 0.6 is 11.3 Å². The molecule has 2 saturated heterocycles. The summed E-state index contributed by atoms with van der Waals surface area (Å²) in [6, 6.07) is 17.9. The molecule has 4 aromatic rings. The Balaban J connectivity index is 0.000000467. The van der Waals surface area contributed by atoms with Crippen molar-refractivity contribution in [1.29, 1.82) is 0 Å². The van der Waals surface area contributed by atoms with E-state index < -0.39 is 0 Å². The fraction of sp³-hybridized carbons (Fsp3) is 0.565. The molecule has 4 N–H and O–H groups in total. The maximum atomic E-state index is 13.2. The molecule has 4 fully saturated rings. The van der Waals surface area contributed by atoms with Crippen molar-refractivity contribution in [2.45, 2.75) is 137 Å². The van der Waals surface area contributed by atoms with Crippen LogP contribution < -0.4 is 77.6 Å². The van der Waals surface area contributed by atoms with Gasteiger partial charge in [0.05, 0.1) is 67.4 Å². The average molecular weight is 1160 g/mol. The van der Waals surface area contributed by atoms with E-state index in [2.05, 4.69) is 76.7 Å². The number of ether oxygens (including phenoxy) is 3. The Morgan fingerprint density at radius 2 is 1.49 bits per heavy atom. The monoisotopic (exact) mass is 1160 g/mol. The number of aromatic nitrogens is 3. The van der Waals surface area contributed by atoms with Crippen molar-refractivity contribution < 1.29 is 89.6 Å². The topological polar surface area (TPSA) is 206 Å². The number of carbonyl (C=O) groups is 5. The zero-order chi connectivity index (χ0) is 57.7. The van der Waals surface area contributed by atoms with Gasteiger partial charge in [-0.3, -0.25) is 29.9 Å². The molecule has 5 amide bonds. The van der Waals surface area contributed by atoms with E-state index in [1.54, 1.807) is 24.3 Å². The largest absolute Gasteiger partial charge is 1.00 e. The molecule has 17 nitrogen and oxygen atoms in total. The summed E-state index contributed by atoms with van der Waals surface area (Å²) in [6.07, 6.45) is 14.0. The van der Waals surface area contributed by atoms with Gasteiger partial charge in [-0.15, -0.1) is 11.3 Å². The Kier molecular flexibility index (Phi) is 32.8. The number of aryl methyl sites for hydroxylation is 2. The standard InChI is InChI=1S/C44H63N6O6.C12H12N2OS.C4H10.C2H5NO.K/c1-31(2)33-13-15-36(16-14-33)44(53)46-32(3)38-28-41(50-21-18-35-8-4-5-11-39(35)50)48-40(47-38)12-7-22-54-24-26-56-27-25-55-23-19-42(51)45-29-43(52)49-20-17-37(30-49)34-9-6-10-34;1-9-12(16-8-14-9)11-4-2-10(3-5-11)6-13-7-15;1-4(2)3;1-3-2-4;/h13-16,28,32,34,37,39H,1,4-12,17-27,29-30H2,2-3H3,(H,45,51)(H,46,53);2-5,7-8H,6H2,1H3,(H,13,15);4H,1-3H3;2H,1H3,(H,3,4);/q-1;;;;+1. The number of nitrogens with zero attached hydrogens (tertiary/aromatic N) is 5. The molecule has 0 spiro atoms. The molecule has 8 rings (SSSR count). The second kappa shape index (κ2) is 38.4. The molecule has 2 aromatic heterocycles. The van der Waals surface area contributed by atoms with Crippen molar-refractivity contribution in [3.63, 3.8) is 0 Å². The number of amides is 5. The maximum Gasteiger partial charge on any atom is 1.00 e. The van der Waals surface area contributed by atoms with E-state index in [9.17, 15) is 19.2 Å². The Bertz CT molecular complexity index is 2510. The van der Waals surface area contributed by atoms with Gasteiger partial charge in [0.15, 0.2) is 0 Å². The number of hydrogen-bond donors (Lipinski definition) is 4. The molecule has 0 radical (unpaired) electrons. The summed E-state index contributed by atoms with van der Waals surface area (Å²) in [5, 5.41) is 10.8. The van der Waals surface area contributed by atoms with Crippen LogP contribution in [0.2, 0.25) is 0 Å². The third kappa shape index (κ3) is 24.4. The first kappa shape index (κ1) is 69.1. The van der Waals surface area contributed by atoms with Gasteiger partial charge in [-0.05, 0) is 86.7 Å². The van der Waals surface area contributed by atoms with Gasteiger partial charge in [-0.25, -0.2) is 15.0 Å². The second-order valence-electron chi connectivity index (χ2n) is 21.6. The predicted molar refractivity (Wildman–Crippen MR) is 318 cm³/mol. The molecule has 3 atom stereocenters. The number of allylic oxidation sites excluding steroid dienone is 1. The van der Waals surface area contributed by atoms with Crippen LogP contribution in [0.15, 0.2) is 66.7 Å². The molecule has 0 bridgehead atoms.